The van der Waals surface area contributed by atoms with Gasteiger partial charge in [0.15, 0.2) is 5.65 Å². The van der Waals surface area contributed by atoms with Gasteiger partial charge in [0.1, 0.15) is 0 Å². The molecule has 1 N–H and O–H groups in total. The number of imidazole rings is 1. The average Bonchev–Trinajstić information content (AvgIpc) is 2.51. The summed E-state index contributed by atoms with van der Waals surface area (Å²) < 4.78 is 3.10. The van der Waals surface area contributed by atoms with Crippen molar-refractivity contribution in [2.45, 2.75) is 6.54 Å². The highest BCUT2D eigenvalue weighted by molar-refractivity contribution is 9.10. The number of fused-ring (bicyclic) bond motifs is 1. The van der Waals surface area contributed by atoms with E-state index in [2.05, 4.69) is 30.6 Å². The Labute approximate surface area is 84.9 Å². The molecule has 0 aromatic carbocycles. The molecule has 0 atom stereocenters. The van der Waals surface area contributed by atoms with Crippen molar-refractivity contribution in [1.29, 1.82) is 0 Å². The molecule has 2 rings (SSSR count). The highest BCUT2D eigenvalue weighted by atomic mass is 79.9. The lowest BCUT2D eigenvalue weighted by molar-refractivity contribution is 0.782. The fourth-order valence-corrected chi connectivity index (χ4v) is 1.79. The van der Waals surface area contributed by atoms with Crippen LogP contribution >= 0.6 is 15.9 Å². The van der Waals surface area contributed by atoms with Gasteiger partial charge >= 0.3 is 0 Å². The van der Waals surface area contributed by atoms with Crippen LogP contribution in [0.4, 0.5) is 0 Å². The van der Waals surface area contributed by atoms with E-state index < -0.39 is 0 Å². The van der Waals surface area contributed by atoms with E-state index in [0.29, 0.717) is 0 Å². The van der Waals surface area contributed by atoms with Crippen LogP contribution in [0.1, 0.15) is 5.69 Å². The molecule has 0 radical (unpaired) electrons. The zero-order valence-corrected chi connectivity index (χ0v) is 8.87. The molecule has 3 nitrogen and oxygen atoms in total. The number of aromatic nitrogens is 2. The van der Waals surface area contributed by atoms with Gasteiger partial charge < -0.3 is 9.72 Å². The number of hydrogen-bond acceptors (Lipinski definition) is 2. The van der Waals surface area contributed by atoms with Crippen molar-refractivity contribution in [3.8, 4) is 0 Å². The van der Waals surface area contributed by atoms with Crippen molar-refractivity contribution in [3.05, 3.63) is 34.7 Å². The number of halogens is 1. The first-order valence-corrected chi connectivity index (χ1v) is 4.87. The normalized spacial score (nSPS) is 10.9. The fourth-order valence-electron chi connectivity index (χ4n) is 1.34. The molecule has 68 valence electrons. The quantitative estimate of drug-likeness (QED) is 0.867. The van der Waals surface area contributed by atoms with Crippen molar-refractivity contribution in [2.75, 3.05) is 7.05 Å². The van der Waals surface area contributed by atoms with E-state index >= 15 is 0 Å². The Bertz CT molecular complexity index is 422. The van der Waals surface area contributed by atoms with Crippen LogP contribution in [-0.4, -0.2) is 16.4 Å². The molecular weight excluding hydrogens is 230 g/mol. The summed E-state index contributed by atoms with van der Waals surface area (Å²) in [6.45, 7) is 0.831. The Hall–Kier alpha value is -0.870. The third-order valence-electron chi connectivity index (χ3n) is 1.92. The molecule has 0 spiro atoms. The maximum Gasteiger partial charge on any atom is 0.151 e. The van der Waals surface area contributed by atoms with Gasteiger partial charge in [0.25, 0.3) is 0 Å². The van der Waals surface area contributed by atoms with E-state index in [0.717, 1.165) is 16.7 Å². The van der Waals surface area contributed by atoms with E-state index in [4.69, 9.17) is 0 Å². The number of hydrogen-bond donors (Lipinski definition) is 1. The van der Waals surface area contributed by atoms with Crippen molar-refractivity contribution in [1.82, 2.24) is 14.7 Å². The highest BCUT2D eigenvalue weighted by Gasteiger charge is 2.03. The zero-order chi connectivity index (χ0) is 9.26. The van der Waals surface area contributed by atoms with Gasteiger partial charge in [-0.05, 0) is 35.1 Å². The summed E-state index contributed by atoms with van der Waals surface area (Å²) in [5.41, 5.74) is 2.13. The number of rotatable bonds is 2. The van der Waals surface area contributed by atoms with Crippen LogP contribution < -0.4 is 5.32 Å². The van der Waals surface area contributed by atoms with Gasteiger partial charge in [0.05, 0.1) is 16.4 Å². The van der Waals surface area contributed by atoms with Crippen LogP contribution in [0.3, 0.4) is 0 Å². The molecule has 13 heavy (non-hydrogen) atoms. The van der Waals surface area contributed by atoms with Gasteiger partial charge in [0.2, 0.25) is 0 Å². The molecule has 0 unspecified atom stereocenters. The summed E-state index contributed by atoms with van der Waals surface area (Å²) >= 11 is 3.46. The summed E-state index contributed by atoms with van der Waals surface area (Å²) in [5, 5.41) is 3.11. The molecule has 0 saturated carbocycles. The predicted octanol–water partition coefficient (Wildman–Crippen LogP) is 1.82. The van der Waals surface area contributed by atoms with Crippen LogP contribution in [0, 0.1) is 0 Å². The summed E-state index contributed by atoms with van der Waals surface area (Å²) in [7, 11) is 1.93. The molecule has 2 aromatic rings. The maximum atomic E-state index is 4.31. The average molecular weight is 240 g/mol. The van der Waals surface area contributed by atoms with Gasteiger partial charge in [-0.2, -0.15) is 0 Å². The summed E-state index contributed by atoms with van der Waals surface area (Å²) in [4.78, 5) is 4.31. The smallest absolute Gasteiger partial charge is 0.151 e. The van der Waals surface area contributed by atoms with Crippen LogP contribution in [0.25, 0.3) is 5.65 Å². The fraction of sp³-hybridized carbons (Fsp3) is 0.222. The molecule has 0 amide bonds. The van der Waals surface area contributed by atoms with Crippen LogP contribution in [0.5, 0.6) is 0 Å². The molecule has 0 fully saturated rings. The monoisotopic (exact) mass is 239 g/mol. The second-order valence-corrected chi connectivity index (χ2v) is 3.68. The summed E-state index contributed by atoms with van der Waals surface area (Å²) in [5.74, 6) is 0. The van der Waals surface area contributed by atoms with Gasteiger partial charge in [-0.25, -0.2) is 4.98 Å². The Morgan fingerprint density at radius 3 is 3.23 bits per heavy atom. The Balaban J connectivity index is 2.61. The topological polar surface area (TPSA) is 29.3 Å². The van der Waals surface area contributed by atoms with Crippen LogP contribution in [0.2, 0.25) is 0 Å². The standard InChI is InChI=1S/C9H10BrN3/c1-11-5-7-6-12-9-8(10)3-2-4-13(7)9/h2-4,6,11H,5H2,1H3. The van der Waals surface area contributed by atoms with E-state index in [9.17, 15) is 0 Å². The minimum absolute atomic E-state index is 0.831. The first-order chi connectivity index (χ1) is 6.33. The molecule has 2 aromatic heterocycles. The van der Waals surface area contributed by atoms with E-state index in [1.54, 1.807) is 0 Å². The van der Waals surface area contributed by atoms with E-state index in [1.807, 2.05) is 31.6 Å². The molecule has 0 saturated heterocycles. The van der Waals surface area contributed by atoms with Crippen molar-refractivity contribution in [3.63, 3.8) is 0 Å². The highest BCUT2D eigenvalue weighted by Crippen LogP contribution is 2.17. The lowest BCUT2D eigenvalue weighted by atomic mass is 10.4. The van der Waals surface area contributed by atoms with Crippen LogP contribution in [0.15, 0.2) is 29.0 Å². The third kappa shape index (κ3) is 1.47. The zero-order valence-electron chi connectivity index (χ0n) is 7.29. The molecule has 0 bridgehead atoms. The molecule has 0 aliphatic rings. The van der Waals surface area contributed by atoms with Gasteiger partial charge in [-0.1, -0.05) is 0 Å². The summed E-state index contributed by atoms with van der Waals surface area (Å²) in [6, 6.07) is 3.99. The number of nitrogens with zero attached hydrogens (tertiary/aromatic N) is 2. The molecular formula is C9H10BrN3. The van der Waals surface area contributed by atoms with Gasteiger partial charge in [0, 0.05) is 12.7 Å². The lowest BCUT2D eigenvalue weighted by Crippen LogP contribution is -2.07. The molecule has 2 heterocycles. The molecule has 0 aliphatic heterocycles. The Kier molecular flexibility index (Phi) is 2.33. The minimum Gasteiger partial charge on any atom is -0.314 e. The minimum atomic E-state index is 0.831. The lowest BCUT2D eigenvalue weighted by Gasteiger charge is -2.00. The maximum absolute atomic E-state index is 4.31. The van der Waals surface area contributed by atoms with Gasteiger partial charge in [-0.3, -0.25) is 0 Å². The first kappa shape index (κ1) is 8.72. The number of nitrogens with one attached hydrogen (secondary N) is 1. The molecule has 4 heteroatoms. The van der Waals surface area contributed by atoms with E-state index in [1.165, 1.54) is 5.69 Å². The largest absolute Gasteiger partial charge is 0.314 e. The van der Waals surface area contributed by atoms with Crippen molar-refractivity contribution < 1.29 is 0 Å². The third-order valence-corrected chi connectivity index (χ3v) is 2.54. The van der Waals surface area contributed by atoms with Crippen LogP contribution in [-0.2, 0) is 6.54 Å². The Morgan fingerprint density at radius 2 is 2.46 bits per heavy atom. The van der Waals surface area contributed by atoms with Crippen molar-refractivity contribution in [2.24, 2.45) is 0 Å². The first-order valence-electron chi connectivity index (χ1n) is 4.08. The van der Waals surface area contributed by atoms with E-state index in [-0.39, 0.29) is 0 Å². The Morgan fingerprint density at radius 1 is 1.62 bits per heavy atom. The van der Waals surface area contributed by atoms with Gasteiger partial charge in [-0.15, -0.1) is 0 Å². The second kappa shape index (κ2) is 3.47. The number of pyridine rings is 1. The molecule has 0 aliphatic carbocycles. The summed E-state index contributed by atoms with van der Waals surface area (Å²) in [6.07, 6.45) is 3.90. The van der Waals surface area contributed by atoms with Crippen molar-refractivity contribution >= 4 is 21.6 Å². The second-order valence-electron chi connectivity index (χ2n) is 2.83. The predicted molar refractivity (Wildman–Crippen MR) is 55.7 cm³/mol. The SMILES string of the molecule is CNCc1cnc2c(Br)cccn12.